The van der Waals surface area contributed by atoms with Gasteiger partial charge in [0.1, 0.15) is 11.9 Å². The van der Waals surface area contributed by atoms with Crippen LogP contribution in [0.15, 0.2) is 42.7 Å². The standard InChI is InChI=1S/C22H27N5O2.ClH.H2O/c1-21(2)10-15(11-22(3,4)27-21)29-19-9-8-17(25-26-19)20-16(6-5-7-18(20)28)14-12-23-24-13-14;;/h5-9,12-13,15,27-28H,10-11H2,1-4H3,(H,23,24);1H;1H2. The molecule has 9 heteroatoms. The highest BCUT2D eigenvalue weighted by molar-refractivity contribution is 5.85. The van der Waals surface area contributed by atoms with Crippen LogP contribution in [0.4, 0.5) is 0 Å². The zero-order valence-corrected chi connectivity index (χ0v) is 19.0. The van der Waals surface area contributed by atoms with Crippen molar-refractivity contribution in [1.29, 1.82) is 0 Å². The summed E-state index contributed by atoms with van der Waals surface area (Å²) in [5.41, 5.74) is 2.90. The number of ether oxygens (including phenoxy) is 1. The summed E-state index contributed by atoms with van der Waals surface area (Å²) in [6.07, 6.45) is 5.34. The summed E-state index contributed by atoms with van der Waals surface area (Å²) < 4.78 is 6.16. The molecular weight excluding hydrogens is 418 g/mol. The fourth-order valence-corrected chi connectivity index (χ4v) is 4.45. The van der Waals surface area contributed by atoms with Gasteiger partial charge in [0.25, 0.3) is 0 Å². The Hall–Kier alpha value is -2.68. The molecule has 1 aliphatic rings. The van der Waals surface area contributed by atoms with Gasteiger partial charge in [-0.2, -0.15) is 5.10 Å². The molecule has 0 saturated carbocycles. The Kier molecular flexibility index (Phi) is 7.31. The summed E-state index contributed by atoms with van der Waals surface area (Å²) >= 11 is 0. The summed E-state index contributed by atoms with van der Waals surface area (Å²) in [5, 5.41) is 29.5. The van der Waals surface area contributed by atoms with Gasteiger partial charge in [0, 0.05) is 41.7 Å². The monoisotopic (exact) mass is 447 g/mol. The first-order valence-electron chi connectivity index (χ1n) is 9.84. The summed E-state index contributed by atoms with van der Waals surface area (Å²) in [6.45, 7) is 8.76. The number of nitrogens with one attached hydrogen (secondary N) is 2. The van der Waals surface area contributed by atoms with E-state index in [2.05, 4.69) is 53.4 Å². The van der Waals surface area contributed by atoms with Crippen molar-refractivity contribution in [2.24, 2.45) is 0 Å². The number of rotatable bonds is 4. The third-order valence-electron chi connectivity index (χ3n) is 5.19. The van der Waals surface area contributed by atoms with Crippen LogP contribution in [0.1, 0.15) is 40.5 Å². The van der Waals surface area contributed by atoms with Crippen molar-refractivity contribution in [3.63, 3.8) is 0 Å². The van der Waals surface area contributed by atoms with Gasteiger partial charge in [0.15, 0.2) is 0 Å². The van der Waals surface area contributed by atoms with Gasteiger partial charge in [0.05, 0.1) is 17.5 Å². The van der Waals surface area contributed by atoms with Gasteiger partial charge in [-0.15, -0.1) is 22.6 Å². The van der Waals surface area contributed by atoms with Crippen molar-refractivity contribution in [3.8, 4) is 34.0 Å². The Morgan fingerprint density at radius 2 is 1.74 bits per heavy atom. The molecular formula is C22H30ClN5O3. The summed E-state index contributed by atoms with van der Waals surface area (Å²) in [4.78, 5) is 0. The number of halogens is 1. The molecule has 0 radical (unpaired) electrons. The smallest absolute Gasteiger partial charge is 0.233 e. The number of hydrogen-bond donors (Lipinski definition) is 3. The van der Waals surface area contributed by atoms with E-state index in [0.29, 0.717) is 17.1 Å². The Bertz CT molecular complexity index is 975. The molecule has 3 aromatic rings. The van der Waals surface area contributed by atoms with Crippen LogP contribution >= 0.6 is 12.4 Å². The fraction of sp³-hybridized carbons (Fsp3) is 0.409. The topological polar surface area (TPSA) is 127 Å². The highest BCUT2D eigenvalue weighted by atomic mass is 35.5. The van der Waals surface area contributed by atoms with E-state index in [1.54, 1.807) is 24.5 Å². The molecule has 3 heterocycles. The van der Waals surface area contributed by atoms with Crippen molar-refractivity contribution in [2.45, 2.75) is 57.7 Å². The van der Waals surface area contributed by atoms with Crippen LogP contribution in [0.5, 0.6) is 11.6 Å². The predicted molar refractivity (Wildman–Crippen MR) is 123 cm³/mol. The molecule has 1 fully saturated rings. The van der Waals surface area contributed by atoms with Gasteiger partial charge >= 0.3 is 0 Å². The number of H-pyrrole nitrogens is 1. The first-order chi connectivity index (χ1) is 13.7. The van der Waals surface area contributed by atoms with Crippen LogP contribution in [0.2, 0.25) is 0 Å². The minimum Gasteiger partial charge on any atom is -0.507 e. The van der Waals surface area contributed by atoms with E-state index < -0.39 is 0 Å². The largest absolute Gasteiger partial charge is 0.507 e. The lowest BCUT2D eigenvalue weighted by molar-refractivity contribution is 0.0524. The zero-order valence-electron chi connectivity index (χ0n) is 18.1. The van der Waals surface area contributed by atoms with Crippen molar-refractivity contribution < 1.29 is 15.3 Å². The second-order valence-electron chi connectivity index (χ2n) is 8.98. The van der Waals surface area contributed by atoms with Gasteiger partial charge < -0.3 is 20.6 Å². The van der Waals surface area contributed by atoms with E-state index in [1.165, 1.54) is 0 Å². The second kappa shape index (κ2) is 9.21. The lowest BCUT2D eigenvalue weighted by atomic mass is 9.81. The average Bonchev–Trinajstić information content (AvgIpc) is 3.14. The quantitative estimate of drug-likeness (QED) is 0.561. The Balaban J connectivity index is 0.00000171. The Morgan fingerprint density at radius 1 is 1.03 bits per heavy atom. The minimum atomic E-state index is -0.00485. The first kappa shape index (κ1) is 24.6. The number of piperidine rings is 1. The minimum absolute atomic E-state index is 0. The number of nitrogens with zero attached hydrogens (tertiary/aromatic N) is 3. The van der Waals surface area contributed by atoms with E-state index >= 15 is 0 Å². The van der Waals surface area contributed by atoms with Crippen LogP contribution in [0, 0.1) is 0 Å². The predicted octanol–water partition coefficient (Wildman–Crippen LogP) is 3.52. The van der Waals surface area contributed by atoms with Gasteiger partial charge in [0.2, 0.25) is 5.88 Å². The number of hydrogen-bond acceptors (Lipinski definition) is 6. The van der Waals surface area contributed by atoms with Crippen LogP contribution in [-0.4, -0.2) is 48.2 Å². The lowest BCUT2D eigenvalue weighted by Crippen LogP contribution is -2.60. The maximum absolute atomic E-state index is 10.5. The maximum Gasteiger partial charge on any atom is 0.233 e. The Morgan fingerprint density at radius 3 is 2.32 bits per heavy atom. The molecule has 0 atom stereocenters. The van der Waals surface area contributed by atoms with Crippen LogP contribution in [-0.2, 0) is 0 Å². The van der Waals surface area contributed by atoms with Gasteiger partial charge in [-0.25, -0.2) is 0 Å². The van der Waals surface area contributed by atoms with Gasteiger partial charge in [-0.3, -0.25) is 5.10 Å². The molecule has 0 aliphatic carbocycles. The second-order valence-corrected chi connectivity index (χ2v) is 8.98. The number of phenolic OH excluding ortho intramolecular Hbond substituents is 1. The fourth-order valence-electron chi connectivity index (χ4n) is 4.45. The van der Waals surface area contributed by atoms with Crippen molar-refractivity contribution in [1.82, 2.24) is 25.7 Å². The molecule has 31 heavy (non-hydrogen) atoms. The average molecular weight is 448 g/mol. The van der Waals surface area contributed by atoms with E-state index in [-0.39, 0.29) is 40.8 Å². The number of phenols is 1. The molecule has 0 amide bonds. The Labute approximate surface area is 188 Å². The molecule has 2 aromatic heterocycles. The zero-order chi connectivity index (χ0) is 20.6. The molecule has 8 nitrogen and oxygen atoms in total. The highest BCUT2D eigenvalue weighted by Gasteiger charge is 2.38. The van der Waals surface area contributed by atoms with Crippen LogP contribution in [0.3, 0.4) is 0 Å². The van der Waals surface area contributed by atoms with Crippen molar-refractivity contribution in [3.05, 3.63) is 42.7 Å². The van der Waals surface area contributed by atoms with Gasteiger partial charge in [-0.1, -0.05) is 12.1 Å². The maximum atomic E-state index is 10.5. The van der Waals surface area contributed by atoms with E-state index in [9.17, 15) is 5.11 Å². The molecule has 1 aliphatic heterocycles. The number of benzene rings is 1. The first-order valence-corrected chi connectivity index (χ1v) is 9.84. The molecule has 168 valence electrons. The van der Waals surface area contributed by atoms with E-state index in [4.69, 9.17) is 4.74 Å². The molecule has 1 aromatic carbocycles. The number of aromatic nitrogens is 4. The SMILES string of the molecule is CC1(C)CC(Oc2ccc(-c3c(O)cccc3-c3cn[nH]c3)nn2)CC(C)(C)N1.Cl.O. The molecule has 0 spiro atoms. The third-order valence-corrected chi connectivity index (χ3v) is 5.19. The molecule has 5 N–H and O–H groups in total. The number of aromatic amines is 1. The third kappa shape index (κ3) is 5.52. The van der Waals surface area contributed by atoms with Crippen LogP contribution in [0.25, 0.3) is 22.4 Å². The van der Waals surface area contributed by atoms with Crippen molar-refractivity contribution in [2.75, 3.05) is 0 Å². The summed E-state index contributed by atoms with van der Waals surface area (Å²) in [6, 6.07) is 9.01. The molecule has 1 saturated heterocycles. The summed E-state index contributed by atoms with van der Waals surface area (Å²) in [7, 11) is 0. The molecule has 0 unspecified atom stereocenters. The van der Waals surface area contributed by atoms with E-state index in [1.807, 2.05) is 18.2 Å². The summed E-state index contributed by atoms with van der Waals surface area (Å²) in [5.74, 6) is 0.640. The van der Waals surface area contributed by atoms with E-state index in [0.717, 1.165) is 24.0 Å². The lowest BCUT2D eigenvalue weighted by Gasteiger charge is -2.46. The van der Waals surface area contributed by atoms with Crippen LogP contribution < -0.4 is 10.1 Å². The number of aromatic hydroxyl groups is 1. The van der Waals surface area contributed by atoms with Gasteiger partial charge in [-0.05, 0) is 45.4 Å². The van der Waals surface area contributed by atoms with Crippen molar-refractivity contribution >= 4 is 12.4 Å². The highest BCUT2D eigenvalue weighted by Crippen LogP contribution is 2.37. The molecule has 4 rings (SSSR count). The normalized spacial score (nSPS) is 17.3. The molecule has 0 bridgehead atoms.